The maximum absolute atomic E-state index is 13.6. The van der Waals surface area contributed by atoms with Crippen molar-refractivity contribution in [3.63, 3.8) is 0 Å². The standard InChI is InChI=1S/C18H23FN6O/c19-14-3-1-2-12(6-14)18-13(7-20-22-18)9-24-5-4-17-16(10-24)25-15(11-26-17)8-21-23-25/h1-3,6,8,13,16-18,20,22H,4-5,7,9-11H2/t13?,16-,17+,18?/m1/s1. The van der Waals surface area contributed by atoms with E-state index in [0.29, 0.717) is 12.5 Å². The molecule has 0 spiro atoms. The zero-order valence-electron chi connectivity index (χ0n) is 14.5. The second-order valence-electron chi connectivity index (χ2n) is 7.45. The average molecular weight is 358 g/mol. The van der Waals surface area contributed by atoms with Crippen LogP contribution in [0.5, 0.6) is 0 Å². The van der Waals surface area contributed by atoms with E-state index in [1.54, 1.807) is 18.3 Å². The summed E-state index contributed by atoms with van der Waals surface area (Å²) in [4.78, 5) is 2.48. The number of aromatic nitrogens is 3. The van der Waals surface area contributed by atoms with Crippen LogP contribution in [0.4, 0.5) is 4.39 Å². The fourth-order valence-corrected chi connectivity index (χ4v) is 4.50. The summed E-state index contributed by atoms with van der Waals surface area (Å²) in [6.07, 6.45) is 3.02. The van der Waals surface area contributed by atoms with Crippen molar-refractivity contribution in [2.75, 3.05) is 26.2 Å². The topological polar surface area (TPSA) is 67.2 Å². The number of fused-ring (bicyclic) bond motifs is 3. The van der Waals surface area contributed by atoms with Gasteiger partial charge in [0, 0.05) is 32.1 Å². The molecule has 2 saturated heterocycles. The lowest BCUT2D eigenvalue weighted by Crippen LogP contribution is -2.49. The quantitative estimate of drug-likeness (QED) is 0.854. The number of hydrogen-bond acceptors (Lipinski definition) is 6. The second kappa shape index (κ2) is 6.70. The minimum absolute atomic E-state index is 0.118. The summed E-state index contributed by atoms with van der Waals surface area (Å²) in [6, 6.07) is 7.23. The predicted molar refractivity (Wildman–Crippen MR) is 92.5 cm³/mol. The molecule has 2 aromatic rings. The van der Waals surface area contributed by atoms with E-state index < -0.39 is 0 Å². The molecule has 4 heterocycles. The van der Waals surface area contributed by atoms with Gasteiger partial charge >= 0.3 is 0 Å². The van der Waals surface area contributed by atoms with E-state index in [2.05, 4.69) is 26.1 Å². The van der Waals surface area contributed by atoms with Gasteiger partial charge in [0.05, 0.1) is 36.7 Å². The molecule has 1 aromatic heterocycles. The Bertz CT molecular complexity index is 783. The van der Waals surface area contributed by atoms with E-state index in [1.165, 1.54) is 6.07 Å². The van der Waals surface area contributed by atoms with E-state index in [9.17, 15) is 4.39 Å². The molecule has 26 heavy (non-hydrogen) atoms. The van der Waals surface area contributed by atoms with Gasteiger partial charge < -0.3 is 9.64 Å². The first-order valence-electron chi connectivity index (χ1n) is 9.25. The third kappa shape index (κ3) is 2.92. The Labute approximate surface area is 151 Å². The molecule has 3 aliphatic rings. The average Bonchev–Trinajstić information content (AvgIpc) is 3.31. The van der Waals surface area contributed by atoms with Gasteiger partial charge in [-0.2, -0.15) is 0 Å². The summed E-state index contributed by atoms with van der Waals surface area (Å²) in [5.41, 5.74) is 8.60. The van der Waals surface area contributed by atoms with Crippen molar-refractivity contribution in [1.29, 1.82) is 0 Å². The highest BCUT2D eigenvalue weighted by Gasteiger charge is 2.38. The first kappa shape index (κ1) is 16.3. The number of piperidine rings is 1. The Balaban J connectivity index is 1.29. The SMILES string of the molecule is Fc1cccc(C2NNCC2CN2CC[C@@H]3OCc4cnnn4[C@@H]3C2)c1. The highest BCUT2D eigenvalue weighted by Crippen LogP contribution is 2.32. The molecular formula is C18H23FN6O. The Hall–Kier alpha value is -1.87. The lowest BCUT2D eigenvalue weighted by Gasteiger charge is -2.42. The molecule has 4 atom stereocenters. The molecule has 0 radical (unpaired) electrons. The maximum atomic E-state index is 13.6. The number of nitrogens with one attached hydrogen (secondary N) is 2. The molecule has 1 aromatic carbocycles. The molecule has 7 nitrogen and oxygen atoms in total. The number of ether oxygens (including phenoxy) is 1. The minimum atomic E-state index is -0.186. The molecule has 3 aliphatic heterocycles. The van der Waals surface area contributed by atoms with Crippen LogP contribution < -0.4 is 10.9 Å². The van der Waals surface area contributed by atoms with Gasteiger partial charge in [-0.05, 0) is 24.1 Å². The summed E-state index contributed by atoms with van der Waals surface area (Å²) in [7, 11) is 0. The van der Waals surface area contributed by atoms with Gasteiger partial charge in [-0.1, -0.05) is 17.3 Å². The molecule has 0 aliphatic carbocycles. The van der Waals surface area contributed by atoms with Crippen molar-refractivity contribution in [1.82, 2.24) is 30.7 Å². The summed E-state index contributed by atoms with van der Waals surface area (Å²) < 4.78 is 21.6. The predicted octanol–water partition coefficient (Wildman–Crippen LogP) is 1.03. The molecule has 138 valence electrons. The fraction of sp³-hybridized carbons (Fsp3) is 0.556. The van der Waals surface area contributed by atoms with Crippen molar-refractivity contribution in [3.05, 3.63) is 47.5 Å². The number of likely N-dealkylation sites (tertiary alicyclic amines) is 1. The molecule has 2 fully saturated rings. The summed E-state index contributed by atoms with van der Waals surface area (Å²) >= 11 is 0. The summed E-state index contributed by atoms with van der Waals surface area (Å²) in [5, 5.41) is 8.32. The lowest BCUT2D eigenvalue weighted by molar-refractivity contribution is -0.0675. The highest BCUT2D eigenvalue weighted by molar-refractivity contribution is 5.22. The number of hydrogen-bond donors (Lipinski definition) is 2. The molecule has 8 heteroatoms. The second-order valence-corrected chi connectivity index (χ2v) is 7.45. The van der Waals surface area contributed by atoms with Crippen LogP contribution in [-0.4, -0.2) is 52.2 Å². The van der Waals surface area contributed by atoms with Crippen LogP contribution in [-0.2, 0) is 11.3 Å². The van der Waals surface area contributed by atoms with Gasteiger partial charge in [-0.15, -0.1) is 5.10 Å². The Kier molecular flexibility index (Phi) is 4.20. The monoisotopic (exact) mass is 358 g/mol. The van der Waals surface area contributed by atoms with Crippen LogP contribution in [0.15, 0.2) is 30.5 Å². The zero-order chi connectivity index (χ0) is 17.5. The van der Waals surface area contributed by atoms with E-state index >= 15 is 0 Å². The first-order chi connectivity index (χ1) is 12.8. The van der Waals surface area contributed by atoms with Crippen LogP contribution in [0.1, 0.15) is 29.8 Å². The Morgan fingerprint density at radius 2 is 2.31 bits per heavy atom. The lowest BCUT2D eigenvalue weighted by atomic mass is 9.92. The molecular weight excluding hydrogens is 335 g/mol. The highest BCUT2D eigenvalue weighted by atomic mass is 19.1. The van der Waals surface area contributed by atoms with Gasteiger partial charge in [0.15, 0.2) is 0 Å². The van der Waals surface area contributed by atoms with Crippen LogP contribution in [0, 0.1) is 11.7 Å². The van der Waals surface area contributed by atoms with E-state index in [1.807, 2.05) is 10.7 Å². The molecule has 2 unspecified atom stereocenters. The number of nitrogens with zero attached hydrogens (tertiary/aromatic N) is 4. The third-order valence-electron chi connectivity index (χ3n) is 5.81. The normalized spacial score (nSPS) is 31.6. The zero-order valence-corrected chi connectivity index (χ0v) is 14.5. The fourth-order valence-electron chi connectivity index (χ4n) is 4.50. The van der Waals surface area contributed by atoms with Crippen molar-refractivity contribution in [2.24, 2.45) is 5.92 Å². The molecule has 0 bridgehead atoms. The van der Waals surface area contributed by atoms with Gasteiger partial charge in [-0.3, -0.25) is 5.43 Å². The van der Waals surface area contributed by atoms with Crippen LogP contribution in [0.2, 0.25) is 0 Å². The van der Waals surface area contributed by atoms with Crippen LogP contribution in [0.3, 0.4) is 0 Å². The van der Waals surface area contributed by atoms with Gasteiger partial charge in [0.1, 0.15) is 5.82 Å². The van der Waals surface area contributed by atoms with Crippen molar-refractivity contribution in [3.8, 4) is 0 Å². The first-order valence-corrected chi connectivity index (χ1v) is 9.25. The van der Waals surface area contributed by atoms with Crippen LogP contribution >= 0.6 is 0 Å². The molecule has 5 rings (SSSR count). The molecule has 0 amide bonds. The third-order valence-corrected chi connectivity index (χ3v) is 5.81. The maximum Gasteiger partial charge on any atom is 0.123 e. The number of halogens is 1. The van der Waals surface area contributed by atoms with Crippen molar-refractivity contribution in [2.45, 2.75) is 31.2 Å². The van der Waals surface area contributed by atoms with Gasteiger partial charge in [-0.25, -0.2) is 14.5 Å². The van der Waals surface area contributed by atoms with Gasteiger partial charge in [0.2, 0.25) is 0 Å². The van der Waals surface area contributed by atoms with E-state index in [-0.39, 0.29) is 24.0 Å². The smallest absolute Gasteiger partial charge is 0.123 e. The molecule has 2 N–H and O–H groups in total. The van der Waals surface area contributed by atoms with E-state index in [4.69, 9.17) is 4.74 Å². The summed E-state index contributed by atoms with van der Waals surface area (Å²) in [5.74, 6) is 0.196. The van der Waals surface area contributed by atoms with Crippen molar-refractivity contribution >= 4 is 0 Å². The largest absolute Gasteiger partial charge is 0.370 e. The number of benzene rings is 1. The minimum Gasteiger partial charge on any atom is -0.370 e. The number of hydrazine groups is 1. The summed E-state index contributed by atoms with van der Waals surface area (Å²) in [6.45, 7) is 4.35. The van der Waals surface area contributed by atoms with Gasteiger partial charge in [0.25, 0.3) is 0 Å². The van der Waals surface area contributed by atoms with Crippen molar-refractivity contribution < 1.29 is 9.13 Å². The number of rotatable bonds is 3. The van der Waals surface area contributed by atoms with Crippen LogP contribution in [0.25, 0.3) is 0 Å². The molecule has 0 saturated carbocycles. The Morgan fingerprint density at radius 3 is 3.23 bits per heavy atom. The Morgan fingerprint density at radius 1 is 1.35 bits per heavy atom. The van der Waals surface area contributed by atoms with E-state index in [0.717, 1.165) is 43.9 Å².